The third kappa shape index (κ3) is 10.8. The zero-order valence-corrected chi connectivity index (χ0v) is 16.7. The molecule has 1 heterocycles. The normalized spacial score (nSPS) is 11.3. The Morgan fingerprint density at radius 2 is 1.25 bits per heavy atom. The second-order valence-corrected chi connectivity index (χ2v) is 7.77. The Hall–Kier alpha value is -0.850. The first-order chi connectivity index (χ1) is 11.7. The molecule has 1 rings (SSSR count). The molecule has 0 atom stereocenters. The van der Waals surface area contributed by atoms with Gasteiger partial charge in [-0.25, -0.2) is 4.57 Å². The summed E-state index contributed by atoms with van der Waals surface area (Å²) in [4.78, 5) is 0. The summed E-state index contributed by atoms with van der Waals surface area (Å²) in [6.45, 7) is 8.01. The molecule has 0 aliphatic heterocycles. The molecule has 0 amide bonds. The Morgan fingerprint density at radius 1 is 0.750 bits per heavy atom. The maximum atomic E-state index is 2.37. The van der Waals surface area contributed by atoms with E-state index in [-0.39, 0.29) is 0 Å². The zero-order chi connectivity index (χ0) is 17.5. The lowest BCUT2D eigenvalue weighted by molar-refractivity contribution is -0.697. The van der Waals surface area contributed by atoms with Crippen LogP contribution >= 0.6 is 0 Å². The minimum atomic E-state index is 0.629. The van der Waals surface area contributed by atoms with Crippen molar-refractivity contribution in [3.8, 4) is 0 Å². The van der Waals surface area contributed by atoms with E-state index in [1.54, 1.807) is 0 Å². The summed E-state index contributed by atoms with van der Waals surface area (Å²) in [6.07, 6.45) is 23.1. The Morgan fingerprint density at radius 3 is 1.75 bits per heavy atom. The molecule has 0 N–H and O–H groups in total. The van der Waals surface area contributed by atoms with Crippen LogP contribution in [0.15, 0.2) is 24.5 Å². The molecule has 0 saturated carbocycles. The average molecular weight is 333 g/mol. The molecule has 1 aromatic rings. The van der Waals surface area contributed by atoms with Crippen molar-refractivity contribution in [1.82, 2.24) is 0 Å². The maximum absolute atomic E-state index is 2.37. The van der Waals surface area contributed by atoms with Crippen LogP contribution in [0.2, 0.25) is 0 Å². The minimum Gasteiger partial charge on any atom is -0.205 e. The zero-order valence-electron chi connectivity index (χ0n) is 16.7. The van der Waals surface area contributed by atoms with Crippen molar-refractivity contribution in [3.05, 3.63) is 30.1 Å². The number of hydrogen-bond acceptors (Lipinski definition) is 0. The lowest BCUT2D eigenvalue weighted by atomic mass is 10.0. The first-order valence-corrected chi connectivity index (χ1v) is 10.7. The highest BCUT2D eigenvalue weighted by Gasteiger charge is 2.05. The molecule has 24 heavy (non-hydrogen) atoms. The molecule has 0 saturated heterocycles. The van der Waals surface area contributed by atoms with Crippen LogP contribution in [0, 0.1) is 0 Å². The Balaban J connectivity index is 1.89. The molecule has 1 heteroatoms. The van der Waals surface area contributed by atoms with E-state index in [1.165, 1.54) is 95.6 Å². The smallest absolute Gasteiger partial charge is 0.172 e. The van der Waals surface area contributed by atoms with Crippen LogP contribution in [0.4, 0.5) is 0 Å². The summed E-state index contributed by atoms with van der Waals surface area (Å²) in [6, 6.07) is 4.43. The third-order valence-corrected chi connectivity index (χ3v) is 5.07. The molecule has 1 aromatic heterocycles. The molecular weight excluding hydrogens is 290 g/mol. The molecule has 0 unspecified atom stereocenters. The van der Waals surface area contributed by atoms with Gasteiger partial charge in [-0.3, -0.25) is 0 Å². The first-order valence-electron chi connectivity index (χ1n) is 10.7. The number of rotatable bonds is 15. The number of nitrogens with zero attached hydrogens (tertiary/aromatic N) is 1. The van der Waals surface area contributed by atoms with Gasteiger partial charge in [0.15, 0.2) is 12.4 Å². The minimum absolute atomic E-state index is 0.629. The van der Waals surface area contributed by atoms with Crippen molar-refractivity contribution in [2.75, 3.05) is 0 Å². The Bertz CT molecular complexity index is 397. The van der Waals surface area contributed by atoms with E-state index in [1.807, 2.05) is 0 Å². The fraction of sp³-hybridized carbons (Fsp3) is 0.783. The SMILES string of the molecule is CCCCCCCCCCCCCCC[n+]1cccc(C(C)C)c1. The van der Waals surface area contributed by atoms with Gasteiger partial charge < -0.3 is 0 Å². The number of hydrogen-bond donors (Lipinski definition) is 0. The standard InChI is InChI=1S/C23H42N/c1-4-5-6-7-8-9-10-11-12-13-14-15-16-19-24-20-17-18-23(21-24)22(2)3/h17-18,20-22H,4-16,19H2,1-3H3/q+1. The van der Waals surface area contributed by atoms with E-state index in [2.05, 4.69) is 49.9 Å². The quantitative estimate of drug-likeness (QED) is 0.236. The van der Waals surface area contributed by atoms with E-state index in [0.29, 0.717) is 5.92 Å². The van der Waals surface area contributed by atoms with Crippen molar-refractivity contribution in [2.24, 2.45) is 0 Å². The fourth-order valence-corrected chi connectivity index (χ4v) is 3.33. The summed E-state index contributed by atoms with van der Waals surface area (Å²) in [5.74, 6) is 0.629. The highest BCUT2D eigenvalue weighted by Crippen LogP contribution is 2.13. The summed E-state index contributed by atoms with van der Waals surface area (Å²) in [7, 11) is 0. The van der Waals surface area contributed by atoms with E-state index < -0.39 is 0 Å². The maximum Gasteiger partial charge on any atom is 0.172 e. The molecule has 0 fully saturated rings. The van der Waals surface area contributed by atoms with Crippen LogP contribution in [-0.2, 0) is 6.54 Å². The van der Waals surface area contributed by atoms with Gasteiger partial charge in [-0.15, -0.1) is 0 Å². The second kappa shape index (κ2) is 14.5. The van der Waals surface area contributed by atoms with E-state index >= 15 is 0 Å². The summed E-state index contributed by atoms with van der Waals surface area (Å²) in [5.41, 5.74) is 1.45. The van der Waals surface area contributed by atoms with E-state index in [9.17, 15) is 0 Å². The number of pyridine rings is 1. The van der Waals surface area contributed by atoms with Crippen molar-refractivity contribution >= 4 is 0 Å². The Kier molecular flexibility index (Phi) is 12.8. The summed E-state index contributed by atoms with van der Waals surface area (Å²) in [5, 5.41) is 0. The predicted molar refractivity (Wildman–Crippen MR) is 106 cm³/mol. The van der Waals surface area contributed by atoms with Crippen molar-refractivity contribution in [2.45, 2.75) is 117 Å². The van der Waals surface area contributed by atoms with Gasteiger partial charge in [-0.1, -0.05) is 91.4 Å². The number of aryl methyl sites for hydroxylation is 1. The van der Waals surface area contributed by atoms with Crippen LogP contribution in [0.5, 0.6) is 0 Å². The van der Waals surface area contributed by atoms with Gasteiger partial charge in [-0.05, 0) is 18.4 Å². The molecule has 1 nitrogen and oxygen atoms in total. The molecule has 0 aliphatic rings. The first kappa shape index (κ1) is 21.2. The summed E-state index contributed by atoms with van der Waals surface area (Å²) < 4.78 is 2.37. The molecule has 0 bridgehead atoms. The number of aromatic nitrogens is 1. The topological polar surface area (TPSA) is 3.88 Å². The van der Waals surface area contributed by atoms with Crippen LogP contribution in [0.3, 0.4) is 0 Å². The summed E-state index contributed by atoms with van der Waals surface area (Å²) >= 11 is 0. The highest BCUT2D eigenvalue weighted by atomic mass is 14.9. The third-order valence-electron chi connectivity index (χ3n) is 5.07. The molecule has 138 valence electrons. The van der Waals surface area contributed by atoms with Gasteiger partial charge in [0.25, 0.3) is 0 Å². The lowest BCUT2D eigenvalue weighted by Gasteiger charge is -2.04. The van der Waals surface area contributed by atoms with Gasteiger partial charge in [-0.2, -0.15) is 0 Å². The van der Waals surface area contributed by atoms with Gasteiger partial charge in [0.1, 0.15) is 6.54 Å². The average Bonchev–Trinajstić information content (AvgIpc) is 2.59. The van der Waals surface area contributed by atoms with Gasteiger partial charge in [0.2, 0.25) is 0 Å². The lowest BCUT2D eigenvalue weighted by Crippen LogP contribution is -2.33. The molecule has 0 aliphatic carbocycles. The highest BCUT2D eigenvalue weighted by molar-refractivity contribution is 5.09. The van der Waals surface area contributed by atoms with E-state index in [4.69, 9.17) is 0 Å². The van der Waals surface area contributed by atoms with Crippen molar-refractivity contribution in [1.29, 1.82) is 0 Å². The van der Waals surface area contributed by atoms with Gasteiger partial charge >= 0.3 is 0 Å². The second-order valence-electron chi connectivity index (χ2n) is 7.77. The van der Waals surface area contributed by atoms with Crippen molar-refractivity contribution < 1.29 is 4.57 Å². The van der Waals surface area contributed by atoms with E-state index in [0.717, 1.165) is 0 Å². The van der Waals surface area contributed by atoms with Crippen molar-refractivity contribution in [3.63, 3.8) is 0 Å². The molecule has 0 aromatic carbocycles. The van der Waals surface area contributed by atoms with Gasteiger partial charge in [0, 0.05) is 18.1 Å². The predicted octanol–water partition coefficient (Wildman–Crippen LogP) is 7.19. The Labute approximate surface area is 151 Å². The van der Waals surface area contributed by atoms with Crippen LogP contribution in [0.1, 0.15) is 116 Å². The monoisotopic (exact) mass is 332 g/mol. The number of unbranched alkanes of at least 4 members (excludes halogenated alkanes) is 12. The molecular formula is C23H42N+. The van der Waals surface area contributed by atoms with Gasteiger partial charge in [0.05, 0.1) is 0 Å². The molecule has 0 spiro atoms. The molecule has 0 radical (unpaired) electrons. The largest absolute Gasteiger partial charge is 0.205 e. The van der Waals surface area contributed by atoms with Crippen LogP contribution in [-0.4, -0.2) is 0 Å². The van der Waals surface area contributed by atoms with Crippen LogP contribution in [0.25, 0.3) is 0 Å². The fourth-order valence-electron chi connectivity index (χ4n) is 3.33. The van der Waals surface area contributed by atoms with Crippen LogP contribution < -0.4 is 4.57 Å².